The van der Waals surface area contributed by atoms with Crippen LogP contribution in [-0.2, 0) is 25.7 Å². The normalized spacial score (nSPS) is 20.6. The number of aromatic nitrogens is 2. The highest BCUT2D eigenvalue weighted by molar-refractivity contribution is 5.94. The van der Waals surface area contributed by atoms with Gasteiger partial charge < -0.3 is 29.6 Å². The number of fused-ring (bicyclic) bond motifs is 1. The molecule has 0 radical (unpaired) electrons. The number of amides is 1. The first kappa shape index (κ1) is 32.6. The molecule has 0 aliphatic carbocycles. The second-order valence-electron chi connectivity index (χ2n) is 8.89. The molecule has 4 rings (SSSR count). The Balaban J connectivity index is 0.000000333. The molecular weight excluding hydrogens is 556 g/mol. The molecule has 0 saturated carbocycles. The van der Waals surface area contributed by atoms with Crippen molar-refractivity contribution in [2.45, 2.75) is 44.3 Å². The Morgan fingerprint density at radius 3 is 2.20 bits per heavy atom. The Kier molecular flexibility index (Phi) is 11.5. The van der Waals surface area contributed by atoms with Crippen LogP contribution < -0.4 is 0 Å². The van der Waals surface area contributed by atoms with Gasteiger partial charge in [0.2, 0.25) is 0 Å². The SMILES string of the molecule is O=C(O)C(F)(F)F.O=C(O)C(F)(F)F.O=C(c1cc[nH]c1)N1CCC2OCCCC2(COCc2ccncc2)C1. The van der Waals surface area contributed by atoms with Crippen LogP contribution in [0.4, 0.5) is 26.3 Å². The predicted octanol–water partition coefficient (Wildman–Crippen LogP) is 3.90. The first-order valence-corrected chi connectivity index (χ1v) is 11.8. The van der Waals surface area contributed by atoms with Crippen LogP contribution in [0, 0.1) is 5.41 Å². The fourth-order valence-corrected chi connectivity index (χ4v) is 4.17. The van der Waals surface area contributed by atoms with Gasteiger partial charge in [-0.25, -0.2) is 9.59 Å². The largest absolute Gasteiger partial charge is 0.490 e. The Morgan fingerprint density at radius 1 is 1.07 bits per heavy atom. The molecule has 0 spiro atoms. The molecule has 2 aromatic heterocycles. The maximum Gasteiger partial charge on any atom is 0.490 e. The van der Waals surface area contributed by atoms with Crippen molar-refractivity contribution in [2.75, 3.05) is 26.3 Å². The maximum absolute atomic E-state index is 12.8. The van der Waals surface area contributed by atoms with E-state index in [9.17, 15) is 31.1 Å². The summed E-state index contributed by atoms with van der Waals surface area (Å²) in [5, 5.41) is 14.2. The average Bonchev–Trinajstić information content (AvgIpc) is 3.43. The molecule has 0 aromatic carbocycles. The Morgan fingerprint density at radius 2 is 1.68 bits per heavy atom. The molecule has 3 N–H and O–H groups in total. The summed E-state index contributed by atoms with van der Waals surface area (Å²) >= 11 is 0. The number of carbonyl (C=O) groups is 3. The molecule has 1 amide bonds. The van der Waals surface area contributed by atoms with Crippen LogP contribution in [0.3, 0.4) is 0 Å². The van der Waals surface area contributed by atoms with E-state index in [1.165, 1.54) is 0 Å². The van der Waals surface area contributed by atoms with E-state index in [1.54, 1.807) is 24.8 Å². The van der Waals surface area contributed by atoms with Crippen molar-refractivity contribution in [3.63, 3.8) is 0 Å². The van der Waals surface area contributed by atoms with Crippen LogP contribution in [0.5, 0.6) is 0 Å². The number of rotatable bonds is 5. The number of likely N-dealkylation sites (tertiary alicyclic amines) is 1. The third kappa shape index (κ3) is 9.82. The minimum absolute atomic E-state index is 0.0868. The van der Waals surface area contributed by atoms with Gasteiger partial charge in [-0.1, -0.05) is 0 Å². The summed E-state index contributed by atoms with van der Waals surface area (Å²) in [6, 6.07) is 5.77. The number of pyridine rings is 1. The molecular formula is C24H27F6N3O7. The van der Waals surface area contributed by atoms with Crippen LogP contribution in [0.25, 0.3) is 0 Å². The fraction of sp³-hybridized carbons (Fsp3) is 0.500. The summed E-state index contributed by atoms with van der Waals surface area (Å²) in [7, 11) is 0. The third-order valence-corrected chi connectivity index (χ3v) is 6.01. The molecule has 222 valence electrons. The minimum atomic E-state index is -5.08. The van der Waals surface area contributed by atoms with Crippen molar-refractivity contribution in [1.29, 1.82) is 0 Å². The Labute approximate surface area is 223 Å². The number of nitrogens with one attached hydrogen (secondary N) is 1. The third-order valence-electron chi connectivity index (χ3n) is 6.01. The average molecular weight is 583 g/mol. The molecule has 2 aromatic rings. The number of halogens is 6. The van der Waals surface area contributed by atoms with Crippen LogP contribution in [0.15, 0.2) is 43.0 Å². The highest BCUT2D eigenvalue weighted by Crippen LogP contribution is 2.41. The molecule has 2 aliphatic rings. The number of carboxylic acids is 2. The lowest BCUT2D eigenvalue weighted by Crippen LogP contribution is -2.58. The zero-order chi connectivity index (χ0) is 30.0. The van der Waals surface area contributed by atoms with E-state index >= 15 is 0 Å². The maximum atomic E-state index is 12.8. The molecule has 4 heterocycles. The van der Waals surface area contributed by atoms with Crippen molar-refractivity contribution >= 4 is 17.8 Å². The van der Waals surface area contributed by atoms with E-state index < -0.39 is 24.3 Å². The minimum Gasteiger partial charge on any atom is -0.475 e. The quantitative estimate of drug-likeness (QED) is 0.450. The first-order chi connectivity index (χ1) is 18.7. The zero-order valence-corrected chi connectivity index (χ0v) is 20.9. The topological polar surface area (TPSA) is 142 Å². The number of piperidine rings is 1. The molecule has 40 heavy (non-hydrogen) atoms. The van der Waals surface area contributed by atoms with Gasteiger partial charge in [0.15, 0.2) is 0 Å². The van der Waals surface area contributed by atoms with Crippen molar-refractivity contribution < 1.29 is 60.4 Å². The summed E-state index contributed by atoms with van der Waals surface area (Å²) in [5.74, 6) is -5.43. The van der Waals surface area contributed by atoms with Crippen LogP contribution in [0.2, 0.25) is 0 Å². The molecule has 2 saturated heterocycles. The smallest absolute Gasteiger partial charge is 0.475 e. The number of H-pyrrole nitrogens is 1. The van der Waals surface area contributed by atoms with Crippen LogP contribution in [0.1, 0.15) is 35.2 Å². The number of aromatic amines is 1. The van der Waals surface area contributed by atoms with E-state index in [0.29, 0.717) is 25.3 Å². The number of hydrogen-bond acceptors (Lipinski definition) is 6. The lowest BCUT2D eigenvalue weighted by atomic mass is 9.73. The molecule has 2 atom stereocenters. The molecule has 16 heteroatoms. The van der Waals surface area contributed by atoms with Gasteiger partial charge in [0.1, 0.15) is 0 Å². The number of alkyl halides is 6. The van der Waals surface area contributed by atoms with Crippen LogP contribution >= 0.6 is 0 Å². The summed E-state index contributed by atoms with van der Waals surface area (Å²) in [5.41, 5.74) is 1.71. The van der Waals surface area contributed by atoms with E-state index in [1.807, 2.05) is 23.1 Å². The number of carboxylic acid groups (broad SMARTS) is 2. The van der Waals surface area contributed by atoms with E-state index in [0.717, 1.165) is 38.0 Å². The summed E-state index contributed by atoms with van der Waals surface area (Å²) < 4.78 is 75.6. The van der Waals surface area contributed by atoms with Crippen molar-refractivity contribution in [2.24, 2.45) is 5.41 Å². The highest BCUT2D eigenvalue weighted by Gasteiger charge is 2.47. The molecule has 0 bridgehead atoms. The first-order valence-electron chi connectivity index (χ1n) is 11.8. The van der Waals surface area contributed by atoms with Gasteiger partial charge in [-0.15, -0.1) is 0 Å². The highest BCUT2D eigenvalue weighted by atomic mass is 19.4. The van der Waals surface area contributed by atoms with E-state index in [2.05, 4.69) is 9.97 Å². The Hall–Kier alpha value is -3.66. The van der Waals surface area contributed by atoms with Crippen molar-refractivity contribution in [3.8, 4) is 0 Å². The lowest BCUT2D eigenvalue weighted by Gasteiger charge is -2.50. The van der Waals surface area contributed by atoms with Crippen molar-refractivity contribution in [3.05, 3.63) is 54.1 Å². The molecule has 2 aliphatic heterocycles. The fourth-order valence-electron chi connectivity index (χ4n) is 4.17. The van der Waals surface area contributed by atoms with Gasteiger partial charge in [0.05, 0.1) is 24.9 Å². The number of aliphatic carboxylic acids is 2. The number of carbonyl (C=O) groups excluding carboxylic acids is 1. The van der Waals surface area contributed by atoms with E-state index in [-0.39, 0.29) is 17.4 Å². The van der Waals surface area contributed by atoms with E-state index in [4.69, 9.17) is 29.3 Å². The standard InChI is InChI=1S/C20H25N3O3.2C2HF3O2/c24-19(17-4-9-22-12-17)23-10-5-18-20(14-23,6-1-11-26-18)15-25-13-16-2-7-21-8-3-16;2*3-2(4,5)1(6)7/h2-4,7-9,12,18,22H,1,5-6,10-11,13-15H2;2*(H,6,7). The van der Waals surface area contributed by atoms with Gasteiger partial charge in [-0.3, -0.25) is 9.78 Å². The second kappa shape index (κ2) is 14.1. The number of ether oxygens (including phenoxy) is 2. The summed E-state index contributed by atoms with van der Waals surface area (Å²) in [6.07, 6.45) is 0.0310. The van der Waals surface area contributed by atoms with Gasteiger partial charge in [-0.05, 0) is 43.0 Å². The molecule has 10 nitrogen and oxygen atoms in total. The van der Waals surface area contributed by atoms with Gasteiger partial charge in [-0.2, -0.15) is 26.3 Å². The molecule has 2 fully saturated rings. The predicted molar refractivity (Wildman–Crippen MR) is 124 cm³/mol. The second-order valence-corrected chi connectivity index (χ2v) is 8.89. The molecule has 2 unspecified atom stereocenters. The van der Waals surface area contributed by atoms with Gasteiger partial charge >= 0.3 is 24.3 Å². The zero-order valence-electron chi connectivity index (χ0n) is 20.9. The summed E-state index contributed by atoms with van der Waals surface area (Å²) in [4.78, 5) is 39.5. The Bertz CT molecular complexity index is 1070. The van der Waals surface area contributed by atoms with Crippen LogP contribution in [-0.4, -0.2) is 87.7 Å². The lowest BCUT2D eigenvalue weighted by molar-refractivity contribution is -0.193. The van der Waals surface area contributed by atoms with Crippen molar-refractivity contribution in [1.82, 2.24) is 14.9 Å². The number of hydrogen-bond donors (Lipinski definition) is 3. The van der Waals surface area contributed by atoms with Gasteiger partial charge in [0, 0.05) is 49.9 Å². The summed E-state index contributed by atoms with van der Waals surface area (Å²) in [6.45, 7) is 3.40. The monoisotopic (exact) mass is 583 g/mol. The van der Waals surface area contributed by atoms with Gasteiger partial charge in [0.25, 0.3) is 5.91 Å². The number of nitrogens with zero attached hydrogens (tertiary/aromatic N) is 2.